The number of nitrogens with zero attached hydrogens (tertiary/aromatic N) is 2. The molecule has 0 atom stereocenters. The Hall–Kier alpha value is -2.16. The van der Waals surface area contributed by atoms with Gasteiger partial charge in [-0.1, -0.05) is 30.3 Å². The van der Waals surface area contributed by atoms with E-state index in [1.165, 1.54) is 0 Å². The molecule has 0 radical (unpaired) electrons. The van der Waals surface area contributed by atoms with E-state index in [1.807, 2.05) is 36.4 Å². The zero-order chi connectivity index (χ0) is 10.1. The van der Waals surface area contributed by atoms with Gasteiger partial charge in [0.25, 0.3) is 0 Å². The number of rotatable bonds is 1. The molecule has 0 saturated carbocycles. The monoisotopic (exact) mass is 195 g/mol. The van der Waals surface area contributed by atoms with Crippen LogP contribution in [0.5, 0.6) is 0 Å². The van der Waals surface area contributed by atoms with Crippen LogP contribution in [0.1, 0.15) is 0 Å². The Morgan fingerprint density at radius 2 is 1.80 bits per heavy atom. The number of nitrogens with one attached hydrogen (secondary N) is 1. The fourth-order valence-corrected chi connectivity index (χ4v) is 1.58. The van der Waals surface area contributed by atoms with Gasteiger partial charge in [0, 0.05) is 11.8 Å². The minimum atomic E-state index is 0.871. The molecule has 2 aliphatic heterocycles. The molecule has 1 N–H and O–H groups in total. The quantitative estimate of drug-likeness (QED) is 0.648. The van der Waals surface area contributed by atoms with Crippen molar-refractivity contribution in [2.24, 2.45) is 0 Å². The minimum Gasteiger partial charge on any atom is -0.338 e. The summed E-state index contributed by atoms with van der Waals surface area (Å²) in [5.74, 6) is 0.871. The van der Waals surface area contributed by atoms with E-state index in [9.17, 15) is 0 Å². The molecule has 2 heterocycles. The predicted octanol–water partition coefficient (Wildman–Crippen LogP) is 2.58. The Kier molecular flexibility index (Phi) is 1.75. The Balaban J connectivity index is 2.17. The van der Waals surface area contributed by atoms with E-state index in [0.29, 0.717) is 0 Å². The summed E-state index contributed by atoms with van der Waals surface area (Å²) in [4.78, 5) is 11.7. The van der Waals surface area contributed by atoms with Crippen LogP contribution in [0.15, 0.2) is 48.8 Å². The first-order valence-corrected chi connectivity index (χ1v) is 4.78. The number of hydrogen-bond acceptors (Lipinski definition) is 2. The van der Waals surface area contributed by atoms with E-state index in [1.54, 1.807) is 12.4 Å². The van der Waals surface area contributed by atoms with Crippen LogP contribution in [0, 0.1) is 0 Å². The van der Waals surface area contributed by atoms with E-state index in [4.69, 9.17) is 0 Å². The fourth-order valence-electron chi connectivity index (χ4n) is 1.58. The minimum absolute atomic E-state index is 0.871. The smallest absolute Gasteiger partial charge is 0.137 e. The number of aromatic nitrogens is 3. The summed E-state index contributed by atoms with van der Waals surface area (Å²) in [5, 5.41) is 0. The fraction of sp³-hybridized carbons (Fsp3) is 0. The van der Waals surface area contributed by atoms with Gasteiger partial charge >= 0.3 is 0 Å². The van der Waals surface area contributed by atoms with Gasteiger partial charge in [-0.3, -0.25) is 4.98 Å². The summed E-state index contributed by atoms with van der Waals surface area (Å²) in [7, 11) is 0. The average Bonchev–Trinajstić information content (AvgIpc) is 2.77. The van der Waals surface area contributed by atoms with Crippen LogP contribution < -0.4 is 0 Å². The molecule has 0 spiro atoms. The molecule has 0 unspecified atom stereocenters. The van der Waals surface area contributed by atoms with Crippen LogP contribution in [-0.2, 0) is 0 Å². The van der Waals surface area contributed by atoms with Gasteiger partial charge in [0.2, 0.25) is 0 Å². The van der Waals surface area contributed by atoms with Gasteiger partial charge in [0.05, 0.1) is 11.9 Å². The molecule has 0 aliphatic carbocycles. The number of benzene rings is 1. The third-order valence-electron chi connectivity index (χ3n) is 2.35. The molecule has 0 amide bonds. The highest BCUT2D eigenvalue weighted by Gasteiger charge is 2.06. The summed E-state index contributed by atoms with van der Waals surface area (Å²) >= 11 is 0. The highest BCUT2D eigenvalue weighted by Crippen LogP contribution is 2.20. The van der Waals surface area contributed by atoms with E-state index >= 15 is 0 Å². The van der Waals surface area contributed by atoms with Crippen LogP contribution in [0.4, 0.5) is 0 Å². The van der Waals surface area contributed by atoms with E-state index < -0.39 is 0 Å². The molecule has 1 aromatic carbocycles. The molecule has 3 rings (SSSR count). The van der Waals surface area contributed by atoms with Gasteiger partial charge in [0.1, 0.15) is 11.5 Å². The zero-order valence-electron chi connectivity index (χ0n) is 8.01. The second-order valence-electron chi connectivity index (χ2n) is 3.34. The molecule has 3 nitrogen and oxygen atoms in total. The number of H-pyrrole nitrogens is 1. The lowest BCUT2D eigenvalue weighted by atomic mass is 10.2. The van der Waals surface area contributed by atoms with Crippen LogP contribution in [0.2, 0.25) is 0 Å². The number of fused-ring (bicyclic) bond motifs is 1. The summed E-state index contributed by atoms with van der Waals surface area (Å²) < 4.78 is 0. The second kappa shape index (κ2) is 3.20. The molecule has 1 aromatic rings. The van der Waals surface area contributed by atoms with Crippen molar-refractivity contribution in [2.45, 2.75) is 0 Å². The highest BCUT2D eigenvalue weighted by atomic mass is 14.9. The maximum Gasteiger partial charge on any atom is 0.137 e. The highest BCUT2D eigenvalue weighted by molar-refractivity contribution is 5.62. The molecule has 72 valence electrons. The Bertz CT molecular complexity index is 542. The number of hydrogen-bond donors (Lipinski definition) is 1. The Labute approximate surface area is 87.2 Å². The lowest BCUT2D eigenvalue weighted by molar-refractivity contribution is 1.16. The van der Waals surface area contributed by atoms with Crippen molar-refractivity contribution >= 4 is 0 Å². The SMILES string of the molecule is c1ccc(-c2ncc3nccc-3[nH]2)cc1. The molecule has 0 bridgehead atoms. The molecular formula is C12H9N3. The largest absolute Gasteiger partial charge is 0.338 e. The van der Waals surface area contributed by atoms with Crippen molar-refractivity contribution < 1.29 is 0 Å². The van der Waals surface area contributed by atoms with Crippen LogP contribution >= 0.6 is 0 Å². The standard InChI is InChI=1S/C12H9N3/c1-2-4-9(5-3-1)12-14-8-11-10(15-12)6-7-13-11/h1-8H,(H,14,15). The normalized spacial score (nSPS) is 10.7. The summed E-state index contributed by atoms with van der Waals surface area (Å²) in [5.41, 5.74) is 3.00. The van der Waals surface area contributed by atoms with Crippen LogP contribution in [0.3, 0.4) is 0 Å². The topological polar surface area (TPSA) is 41.6 Å². The third-order valence-corrected chi connectivity index (χ3v) is 2.35. The predicted molar refractivity (Wildman–Crippen MR) is 58.4 cm³/mol. The first-order chi connectivity index (χ1) is 7.43. The second-order valence-corrected chi connectivity index (χ2v) is 3.34. The Morgan fingerprint density at radius 1 is 0.933 bits per heavy atom. The van der Waals surface area contributed by atoms with Crippen molar-refractivity contribution in [1.82, 2.24) is 15.0 Å². The lowest BCUT2D eigenvalue weighted by Gasteiger charge is -2.03. The van der Waals surface area contributed by atoms with Gasteiger partial charge in [-0.05, 0) is 6.07 Å². The maximum absolute atomic E-state index is 4.33. The van der Waals surface area contributed by atoms with E-state index in [2.05, 4.69) is 15.0 Å². The van der Waals surface area contributed by atoms with Crippen LogP contribution in [0.25, 0.3) is 22.8 Å². The molecule has 0 fully saturated rings. The molecular weight excluding hydrogens is 186 g/mol. The van der Waals surface area contributed by atoms with Crippen molar-refractivity contribution in [3.05, 3.63) is 48.8 Å². The first kappa shape index (κ1) is 8.17. The molecule has 0 aromatic heterocycles. The van der Waals surface area contributed by atoms with Gasteiger partial charge in [-0.15, -0.1) is 0 Å². The van der Waals surface area contributed by atoms with Crippen molar-refractivity contribution in [3.8, 4) is 22.8 Å². The first-order valence-electron chi connectivity index (χ1n) is 4.78. The zero-order valence-corrected chi connectivity index (χ0v) is 8.01. The molecule has 0 saturated heterocycles. The van der Waals surface area contributed by atoms with E-state index in [-0.39, 0.29) is 0 Å². The van der Waals surface area contributed by atoms with Gasteiger partial charge in [0.15, 0.2) is 0 Å². The lowest BCUT2D eigenvalue weighted by Crippen LogP contribution is -1.91. The third kappa shape index (κ3) is 1.38. The molecule has 3 heteroatoms. The van der Waals surface area contributed by atoms with Crippen LogP contribution in [-0.4, -0.2) is 15.0 Å². The molecule has 15 heavy (non-hydrogen) atoms. The summed E-state index contributed by atoms with van der Waals surface area (Å²) in [6.07, 6.45) is 3.56. The van der Waals surface area contributed by atoms with Gasteiger partial charge < -0.3 is 4.98 Å². The maximum atomic E-state index is 4.33. The van der Waals surface area contributed by atoms with Crippen molar-refractivity contribution in [2.75, 3.05) is 0 Å². The molecule has 2 aliphatic rings. The number of aromatic amines is 1. The summed E-state index contributed by atoms with van der Waals surface area (Å²) in [6.45, 7) is 0. The summed E-state index contributed by atoms with van der Waals surface area (Å²) in [6, 6.07) is 12.0. The Morgan fingerprint density at radius 3 is 2.67 bits per heavy atom. The van der Waals surface area contributed by atoms with Crippen molar-refractivity contribution in [3.63, 3.8) is 0 Å². The van der Waals surface area contributed by atoms with E-state index in [0.717, 1.165) is 22.8 Å². The van der Waals surface area contributed by atoms with Crippen molar-refractivity contribution in [1.29, 1.82) is 0 Å². The average molecular weight is 195 g/mol. The van der Waals surface area contributed by atoms with Gasteiger partial charge in [-0.2, -0.15) is 0 Å². The van der Waals surface area contributed by atoms with Gasteiger partial charge in [-0.25, -0.2) is 4.98 Å².